The Bertz CT molecular complexity index is 942. The molecule has 3 rings (SSSR count). The number of H-pyrrole nitrogens is 1. The third-order valence-corrected chi connectivity index (χ3v) is 4.74. The van der Waals surface area contributed by atoms with E-state index in [0.29, 0.717) is 0 Å². The SMILES string of the molecule is Cc1[nH]c2ccccc2c1CCN(C)Cc1ccc(/C=C/C(=O)NO)cc1. The number of benzene rings is 2. The highest BCUT2D eigenvalue weighted by Crippen LogP contribution is 2.22. The van der Waals surface area contributed by atoms with Crippen LogP contribution in [0.3, 0.4) is 0 Å². The van der Waals surface area contributed by atoms with Gasteiger partial charge in [0.2, 0.25) is 0 Å². The lowest BCUT2D eigenvalue weighted by Gasteiger charge is -2.17. The Labute approximate surface area is 159 Å². The van der Waals surface area contributed by atoms with Crippen LogP contribution in [-0.4, -0.2) is 34.6 Å². The predicted octanol–water partition coefficient (Wildman–Crippen LogP) is 3.67. The summed E-state index contributed by atoms with van der Waals surface area (Å²) in [7, 11) is 2.13. The third kappa shape index (κ3) is 4.84. The molecular formula is C22H25N3O2. The van der Waals surface area contributed by atoms with Gasteiger partial charge in [-0.25, -0.2) is 5.48 Å². The Morgan fingerprint density at radius 2 is 1.93 bits per heavy atom. The Morgan fingerprint density at radius 1 is 1.19 bits per heavy atom. The van der Waals surface area contributed by atoms with Gasteiger partial charge in [0.15, 0.2) is 0 Å². The first-order valence-corrected chi connectivity index (χ1v) is 9.02. The van der Waals surface area contributed by atoms with Crippen LogP contribution in [0.2, 0.25) is 0 Å². The van der Waals surface area contributed by atoms with Crippen molar-refractivity contribution in [2.45, 2.75) is 19.9 Å². The van der Waals surface area contributed by atoms with Crippen LogP contribution in [0.4, 0.5) is 0 Å². The van der Waals surface area contributed by atoms with Crippen molar-refractivity contribution in [2.24, 2.45) is 0 Å². The van der Waals surface area contributed by atoms with Gasteiger partial charge >= 0.3 is 0 Å². The van der Waals surface area contributed by atoms with Gasteiger partial charge in [0.25, 0.3) is 5.91 Å². The number of likely N-dealkylation sites (N-methyl/N-ethyl adjacent to an activating group) is 1. The molecule has 5 heteroatoms. The van der Waals surface area contributed by atoms with Crippen LogP contribution >= 0.6 is 0 Å². The number of amides is 1. The lowest BCUT2D eigenvalue weighted by atomic mass is 10.1. The number of nitrogens with zero attached hydrogens (tertiary/aromatic N) is 1. The number of hydrogen-bond donors (Lipinski definition) is 3. The second-order valence-electron chi connectivity index (χ2n) is 6.81. The van der Waals surface area contributed by atoms with Crippen LogP contribution in [0.25, 0.3) is 17.0 Å². The standard InChI is InChI=1S/C22H25N3O2/c1-16-19(20-5-3-4-6-21(20)23-16)13-14-25(2)15-18-9-7-17(8-10-18)11-12-22(26)24-27/h3-12,23,27H,13-15H2,1-2H3,(H,24,26)/b12-11+. The number of aromatic amines is 1. The summed E-state index contributed by atoms with van der Waals surface area (Å²) in [6.45, 7) is 3.97. The van der Waals surface area contributed by atoms with E-state index in [4.69, 9.17) is 5.21 Å². The van der Waals surface area contributed by atoms with Crippen LogP contribution in [0.5, 0.6) is 0 Å². The highest BCUT2D eigenvalue weighted by molar-refractivity contribution is 5.90. The van der Waals surface area contributed by atoms with Crippen LogP contribution in [0, 0.1) is 6.92 Å². The number of fused-ring (bicyclic) bond motifs is 1. The summed E-state index contributed by atoms with van der Waals surface area (Å²) >= 11 is 0. The van der Waals surface area contributed by atoms with E-state index in [0.717, 1.165) is 25.1 Å². The topological polar surface area (TPSA) is 68.4 Å². The molecule has 0 unspecified atom stereocenters. The summed E-state index contributed by atoms with van der Waals surface area (Å²) in [5.41, 5.74) is 7.55. The number of aryl methyl sites for hydroxylation is 1. The number of carbonyl (C=O) groups is 1. The average Bonchev–Trinajstić information content (AvgIpc) is 3.00. The molecule has 0 aliphatic heterocycles. The molecule has 1 aromatic heterocycles. The number of aromatic nitrogens is 1. The Hall–Kier alpha value is -2.89. The van der Waals surface area contributed by atoms with Gasteiger partial charge in [-0.2, -0.15) is 0 Å². The van der Waals surface area contributed by atoms with Gasteiger partial charge in [0, 0.05) is 35.8 Å². The van der Waals surface area contributed by atoms with Crippen LogP contribution in [0.15, 0.2) is 54.6 Å². The van der Waals surface area contributed by atoms with E-state index >= 15 is 0 Å². The lowest BCUT2D eigenvalue weighted by Crippen LogP contribution is -2.20. The molecule has 1 amide bonds. The van der Waals surface area contributed by atoms with Crippen molar-refractivity contribution >= 4 is 22.9 Å². The quantitative estimate of drug-likeness (QED) is 0.341. The van der Waals surface area contributed by atoms with Gasteiger partial charge in [0.1, 0.15) is 0 Å². The van der Waals surface area contributed by atoms with Crippen molar-refractivity contribution in [3.05, 3.63) is 77.0 Å². The summed E-state index contributed by atoms with van der Waals surface area (Å²) in [6, 6.07) is 16.5. The highest BCUT2D eigenvalue weighted by Gasteiger charge is 2.09. The average molecular weight is 363 g/mol. The first-order chi connectivity index (χ1) is 13.1. The molecular weight excluding hydrogens is 338 g/mol. The fraction of sp³-hybridized carbons (Fsp3) is 0.227. The van der Waals surface area contributed by atoms with Gasteiger partial charge in [0.05, 0.1) is 0 Å². The van der Waals surface area contributed by atoms with E-state index in [1.54, 1.807) is 11.6 Å². The zero-order chi connectivity index (χ0) is 19.2. The molecule has 0 fully saturated rings. The van der Waals surface area contributed by atoms with E-state index in [-0.39, 0.29) is 0 Å². The van der Waals surface area contributed by atoms with E-state index in [1.807, 2.05) is 12.1 Å². The van der Waals surface area contributed by atoms with Gasteiger partial charge in [-0.05, 0) is 49.2 Å². The van der Waals surface area contributed by atoms with Gasteiger partial charge in [-0.3, -0.25) is 10.0 Å². The van der Waals surface area contributed by atoms with Gasteiger partial charge in [-0.1, -0.05) is 42.5 Å². The molecule has 5 nitrogen and oxygen atoms in total. The Balaban J connectivity index is 1.57. The Kier molecular flexibility index (Phi) is 6.06. The molecule has 0 spiro atoms. The minimum absolute atomic E-state index is 0.536. The minimum Gasteiger partial charge on any atom is -0.358 e. The zero-order valence-electron chi connectivity index (χ0n) is 15.7. The van der Waals surface area contributed by atoms with Crippen molar-refractivity contribution in [1.29, 1.82) is 0 Å². The smallest absolute Gasteiger partial charge is 0.267 e. The minimum atomic E-state index is -0.536. The molecule has 1 heterocycles. The molecule has 0 saturated carbocycles. The second kappa shape index (κ2) is 8.66. The Morgan fingerprint density at radius 3 is 2.67 bits per heavy atom. The summed E-state index contributed by atoms with van der Waals surface area (Å²) < 4.78 is 0. The molecule has 0 aliphatic carbocycles. The maximum absolute atomic E-state index is 11.0. The van der Waals surface area contributed by atoms with Crippen molar-refractivity contribution in [3.63, 3.8) is 0 Å². The molecule has 140 valence electrons. The van der Waals surface area contributed by atoms with Crippen LogP contribution < -0.4 is 5.48 Å². The molecule has 3 N–H and O–H groups in total. The number of nitrogens with one attached hydrogen (secondary N) is 2. The lowest BCUT2D eigenvalue weighted by molar-refractivity contribution is -0.124. The first kappa shape index (κ1) is 18.9. The number of hydrogen-bond acceptors (Lipinski definition) is 3. The number of para-hydroxylation sites is 1. The number of hydroxylamine groups is 1. The highest BCUT2D eigenvalue weighted by atomic mass is 16.5. The van der Waals surface area contributed by atoms with E-state index in [2.05, 4.69) is 60.3 Å². The third-order valence-electron chi connectivity index (χ3n) is 4.74. The van der Waals surface area contributed by atoms with Crippen LogP contribution in [0.1, 0.15) is 22.4 Å². The van der Waals surface area contributed by atoms with Gasteiger partial charge < -0.3 is 9.88 Å². The fourth-order valence-corrected chi connectivity index (χ4v) is 3.29. The number of rotatable bonds is 7. The van der Waals surface area contributed by atoms with Crippen molar-refractivity contribution < 1.29 is 10.0 Å². The molecule has 0 bridgehead atoms. The summed E-state index contributed by atoms with van der Waals surface area (Å²) in [5.74, 6) is -0.536. The summed E-state index contributed by atoms with van der Waals surface area (Å²) in [5, 5.41) is 9.80. The fourth-order valence-electron chi connectivity index (χ4n) is 3.29. The maximum Gasteiger partial charge on any atom is 0.267 e. The molecule has 0 atom stereocenters. The van der Waals surface area contributed by atoms with Gasteiger partial charge in [-0.15, -0.1) is 0 Å². The summed E-state index contributed by atoms with van der Waals surface area (Å²) in [6.07, 6.45) is 3.97. The molecule has 0 saturated heterocycles. The number of carbonyl (C=O) groups excluding carboxylic acids is 1. The van der Waals surface area contributed by atoms with Crippen LogP contribution in [-0.2, 0) is 17.8 Å². The molecule has 27 heavy (non-hydrogen) atoms. The molecule has 2 aromatic carbocycles. The van der Waals surface area contributed by atoms with Crippen molar-refractivity contribution in [3.8, 4) is 0 Å². The second-order valence-corrected chi connectivity index (χ2v) is 6.81. The monoisotopic (exact) mass is 363 g/mol. The normalized spacial score (nSPS) is 11.6. The largest absolute Gasteiger partial charge is 0.358 e. The first-order valence-electron chi connectivity index (χ1n) is 9.02. The molecule has 0 aliphatic rings. The maximum atomic E-state index is 11.0. The molecule has 0 radical (unpaired) electrons. The molecule has 3 aromatic rings. The van der Waals surface area contributed by atoms with E-state index in [9.17, 15) is 4.79 Å². The van der Waals surface area contributed by atoms with E-state index < -0.39 is 5.91 Å². The van der Waals surface area contributed by atoms with Crippen molar-refractivity contribution in [1.82, 2.24) is 15.4 Å². The predicted molar refractivity (Wildman–Crippen MR) is 108 cm³/mol. The zero-order valence-corrected chi connectivity index (χ0v) is 15.7. The summed E-state index contributed by atoms with van der Waals surface area (Å²) in [4.78, 5) is 16.8. The van der Waals surface area contributed by atoms with Crippen molar-refractivity contribution in [2.75, 3.05) is 13.6 Å². The van der Waals surface area contributed by atoms with E-state index in [1.165, 1.54) is 33.8 Å².